The zero-order valence-electron chi connectivity index (χ0n) is 10.2. The zero-order valence-corrected chi connectivity index (χ0v) is 12.6. The first kappa shape index (κ1) is 14.0. The molecule has 5 heteroatoms. The molecule has 0 bridgehead atoms. The van der Waals surface area contributed by atoms with Gasteiger partial charge in [0, 0.05) is 10.2 Å². The highest BCUT2D eigenvalue weighted by Crippen LogP contribution is 2.26. The molecular weight excluding hydrogens is 327 g/mol. The van der Waals surface area contributed by atoms with Crippen LogP contribution in [0.1, 0.15) is 11.1 Å². The SMILES string of the molecule is Cc1cc(Nc2cccc(F)c2C(N)=S)ccc1Br. The van der Waals surface area contributed by atoms with Crippen LogP contribution in [0, 0.1) is 12.7 Å². The van der Waals surface area contributed by atoms with Crippen LogP contribution in [-0.2, 0) is 0 Å². The molecule has 0 unspecified atom stereocenters. The number of anilines is 2. The van der Waals surface area contributed by atoms with Crippen LogP contribution in [0.3, 0.4) is 0 Å². The van der Waals surface area contributed by atoms with Crippen molar-refractivity contribution in [3.05, 3.63) is 57.8 Å². The van der Waals surface area contributed by atoms with Gasteiger partial charge in [0.05, 0.1) is 11.3 Å². The third-order valence-electron chi connectivity index (χ3n) is 2.70. The second-order valence-corrected chi connectivity index (χ2v) is 5.41. The molecule has 0 aliphatic carbocycles. The smallest absolute Gasteiger partial charge is 0.135 e. The van der Waals surface area contributed by atoms with Crippen molar-refractivity contribution in [1.29, 1.82) is 0 Å². The predicted molar refractivity (Wildman–Crippen MR) is 84.4 cm³/mol. The Morgan fingerprint density at radius 3 is 2.68 bits per heavy atom. The Bertz CT molecular complexity index is 643. The summed E-state index contributed by atoms with van der Waals surface area (Å²) in [6, 6.07) is 10.5. The second kappa shape index (κ2) is 5.67. The molecule has 0 spiro atoms. The standard InChI is InChI=1S/C14H12BrFN2S/c1-8-7-9(5-6-10(8)15)18-12-4-2-3-11(16)13(12)14(17)19/h2-7,18H,1H3,(H2,17,19). The molecule has 0 aromatic heterocycles. The van der Waals surface area contributed by atoms with Gasteiger partial charge in [0.2, 0.25) is 0 Å². The molecular formula is C14H12BrFN2S. The van der Waals surface area contributed by atoms with Gasteiger partial charge in [0.1, 0.15) is 10.8 Å². The van der Waals surface area contributed by atoms with Gasteiger partial charge >= 0.3 is 0 Å². The second-order valence-electron chi connectivity index (χ2n) is 4.12. The van der Waals surface area contributed by atoms with E-state index in [1.54, 1.807) is 12.1 Å². The summed E-state index contributed by atoms with van der Waals surface area (Å²) in [7, 11) is 0. The maximum atomic E-state index is 13.7. The first-order valence-electron chi connectivity index (χ1n) is 5.60. The van der Waals surface area contributed by atoms with E-state index in [1.807, 2.05) is 25.1 Å². The molecule has 98 valence electrons. The first-order valence-corrected chi connectivity index (χ1v) is 6.80. The van der Waals surface area contributed by atoms with Crippen LogP contribution in [-0.4, -0.2) is 4.99 Å². The van der Waals surface area contributed by atoms with Crippen LogP contribution in [0.2, 0.25) is 0 Å². The van der Waals surface area contributed by atoms with Gasteiger partial charge in [-0.1, -0.05) is 34.2 Å². The summed E-state index contributed by atoms with van der Waals surface area (Å²) in [5.41, 5.74) is 8.30. The number of halogens is 2. The lowest BCUT2D eigenvalue weighted by atomic mass is 10.1. The Hall–Kier alpha value is -1.46. The van der Waals surface area contributed by atoms with Crippen LogP contribution in [0.25, 0.3) is 0 Å². The Morgan fingerprint density at radius 2 is 2.05 bits per heavy atom. The van der Waals surface area contributed by atoms with Gasteiger partial charge in [0.15, 0.2) is 0 Å². The highest BCUT2D eigenvalue weighted by atomic mass is 79.9. The van der Waals surface area contributed by atoms with Crippen LogP contribution in [0.4, 0.5) is 15.8 Å². The normalized spacial score (nSPS) is 10.3. The van der Waals surface area contributed by atoms with Crippen molar-refractivity contribution in [3.8, 4) is 0 Å². The summed E-state index contributed by atoms with van der Waals surface area (Å²) in [4.78, 5) is 0.0365. The highest BCUT2D eigenvalue weighted by molar-refractivity contribution is 9.10. The molecule has 2 nitrogen and oxygen atoms in total. The quantitative estimate of drug-likeness (QED) is 0.820. The van der Waals surface area contributed by atoms with Crippen molar-refractivity contribution < 1.29 is 4.39 Å². The molecule has 0 fully saturated rings. The molecule has 0 amide bonds. The molecule has 0 radical (unpaired) electrons. The average molecular weight is 339 g/mol. The molecule has 3 N–H and O–H groups in total. The number of hydrogen-bond donors (Lipinski definition) is 2. The Balaban J connectivity index is 2.40. The Kier molecular flexibility index (Phi) is 4.17. The minimum absolute atomic E-state index is 0.0365. The largest absolute Gasteiger partial charge is 0.389 e. The minimum atomic E-state index is -0.425. The van der Waals surface area contributed by atoms with E-state index in [4.69, 9.17) is 18.0 Å². The van der Waals surface area contributed by atoms with E-state index >= 15 is 0 Å². The number of hydrogen-bond acceptors (Lipinski definition) is 2. The predicted octanol–water partition coefficient (Wildman–Crippen LogP) is 4.27. The van der Waals surface area contributed by atoms with Crippen molar-refractivity contribution in [1.82, 2.24) is 0 Å². The van der Waals surface area contributed by atoms with Crippen molar-refractivity contribution in [2.24, 2.45) is 5.73 Å². The van der Waals surface area contributed by atoms with E-state index in [0.29, 0.717) is 5.69 Å². The van der Waals surface area contributed by atoms with E-state index in [1.165, 1.54) is 6.07 Å². The number of nitrogens with one attached hydrogen (secondary N) is 1. The first-order chi connectivity index (χ1) is 8.99. The fourth-order valence-corrected chi connectivity index (χ4v) is 2.21. The Labute approximate surface area is 124 Å². The molecule has 0 atom stereocenters. The van der Waals surface area contributed by atoms with Crippen molar-refractivity contribution in [2.45, 2.75) is 6.92 Å². The Morgan fingerprint density at radius 1 is 1.32 bits per heavy atom. The molecule has 2 rings (SSSR count). The van der Waals surface area contributed by atoms with Gasteiger partial charge in [-0.25, -0.2) is 4.39 Å². The summed E-state index contributed by atoms with van der Waals surface area (Å²) >= 11 is 8.33. The molecule has 0 saturated heterocycles. The van der Waals surface area contributed by atoms with E-state index in [0.717, 1.165) is 15.7 Å². The zero-order chi connectivity index (χ0) is 14.0. The monoisotopic (exact) mass is 338 g/mol. The molecule has 0 heterocycles. The third kappa shape index (κ3) is 3.11. The van der Waals surface area contributed by atoms with Gasteiger partial charge in [-0.2, -0.15) is 0 Å². The topological polar surface area (TPSA) is 38.0 Å². The van der Waals surface area contributed by atoms with Gasteiger partial charge in [-0.15, -0.1) is 0 Å². The number of benzene rings is 2. The van der Waals surface area contributed by atoms with Crippen molar-refractivity contribution >= 4 is 44.5 Å². The summed E-state index contributed by atoms with van der Waals surface area (Å²) in [5.74, 6) is -0.425. The van der Waals surface area contributed by atoms with Crippen molar-refractivity contribution in [2.75, 3.05) is 5.32 Å². The summed E-state index contributed by atoms with van der Waals surface area (Å²) in [5, 5.41) is 3.13. The van der Waals surface area contributed by atoms with Crippen LogP contribution >= 0.6 is 28.1 Å². The van der Waals surface area contributed by atoms with Gasteiger partial charge < -0.3 is 11.1 Å². The van der Waals surface area contributed by atoms with E-state index in [9.17, 15) is 4.39 Å². The maximum Gasteiger partial charge on any atom is 0.135 e. The van der Waals surface area contributed by atoms with Gasteiger partial charge in [-0.05, 0) is 42.8 Å². The molecule has 0 aliphatic rings. The number of nitrogens with two attached hydrogens (primary N) is 1. The maximum absolute atomic E-state index is 13.7. The molecule has 19 heavy (non-hydrogen) atoms. The van der Waals surface area contributed by atoms with Gasteiger partial charge in [-0.3, -0.25) is 0 Å². The number of thiocarbonyl (C=S) groups is 1. The third-order valence-corrected chi connectivity index (χ3v) is 3.79. The average Bonchev–Trinajstić information content (AvgIpc) is 2.33. The molecule has 0 aliphatic heterocycles. The fraction of sp³-hybridized carbons (Fsp3) is 0.0714. The summed E-state index contributed by atoms with van der Waals surface area (Å²) in [6.07, 6.45) is 0. The highest BCUT2D eigenvalue weighted by Gasteiger charge is 2.11. The fourth-order valence-electron chi connectivity index (χ4n) is 1.76. The van der Waals surface area contributed by atoms with Crippen molar-refractivity contribution in [3.63, 3.8) is 0 Å². The molecule has 2 aromatic carbocycles. The molecule has 2 aromatic rings. The number of aryl methyl sites for hydroxylation is 1. The van der Waals surface area contributed by atoms with Crippen LogP contribution in [0.15, 0.2) is 40.9 Å². The lowest BCUT2D eigenvalue weighted by molar-refractivity contribution is 0.626. The van der Waals surface area contributed by atoms with E-state index in [-0.39, 0.29) is 10.6 Å². The summed E-state index contributed by atoms with van der Waals surface area (Å²) < 4.78 is 14.8. The summed E-state index contributed by atoms with van der Waals surface area (Å²) in [6.45, 7) is 1.98. The lowest BCUT2D eigenvalue weighted by Gasteiger charge is -2.12. The molecule has 0 saturated carbocycles. The van der Waals surface area contributed by atoms with Crippen LogP contribution < -0.4 is 11.1 Å². The number of rotatable bonds is 3. The van der Waals surface area contributed by atoms with Crippen LogP contribution in [0.5, 0.6) is 0 Å². The van der Waals surface area contributed by atoms with E-state index < -0.39 is 5.82 Å². The lowest BCUT2D eigenvalue weighted by Crippen LogP contribution is -2.14. The minimum Gasteiger partial charge on any atom is -0.389 e. The van der Waals surface area contributed by atoms with E-state index in [2.05, 4.69) is 21.2 Å². The van der Waals surface area contributed by atoms with Gasteiger partial charge in [0.25, 0.3) is 0 Å².